The Balaban J connectivity index is 2.01. The summed E-state index contributed by atoms with van der Waals surface area (Å²) in [5.74, 6) is 0. The summed E-state index contributed by atoms with van der Waals surface area (Å²) in [6.45, 7) is 4.82. The minimum atomic E-state index is -3.43. The number of sulfonamides is 1. The van der Waals surface area contributed by atoms with Crippen LogP contribution in [-0.2, 0) is 21.3 Å². The molecule has 1 heterocycles. The quantitative estimate of drug-likeness (QED) is 0.764. The molecule has 0 radical (unpaired) electrons. The van der Waals surface area contributed by atoms with Crippen molar-refractivity contribution in [3.8, 4) is 0 Å². The van der Waals surface area contributed by atoms with Crippen LogP contribution in [0.5, 0.6) is 0 Å². The highest BCUT2D eigenvalue weighted by atomic mass is 32.2. The highest BCUT2D eigenvalue weighted by molar-refractivity contribution is 7.91. The van der Waals surface area contributed by atoms with Gasteiger partial charge in [0.1, 0.15) is 4.21 Å². The van der Waals surface area contributed by atoms with E-state index >= 15 is 0 Å². The summed E-state index contributed by atoms with van der Waals surface area (Å²) in [6.07, 6.45) is 2.32. The summed E-state index contributed by atoms with van der Waals surface area (Å²) in [6, 6.07) is 2.37. The zero-order valence-electron chi connectivity index (χ0n) is 12.1. The summed E-state index contributed by atoms with van der Waals surface area (Å²) >= 11 is 1.34. The Morgan fingerprint density at radius 3 is 2.80 bits per heavy atom. The zero-order chi connectivity index (χ0) is 14.8. The number of ether oxygens (including phenoxy) is 1. The van der Waals surface area contributed by atoms with Crippen molar-refractivity contribution >= 4 is 21.4 Å². The first kappa shape index (κ1) is 15.9. The number of nitrogens with one attached hydrogen (secondary N) is 2. The molecular formula is C13H22N2O3S2. The summed E-state index contributed by atoms with van der Waals surface area (Å²) in [4.78, 5) is 1.09. The van der Waals surface area contributed by atoms with Crippen LogP contribution >= 0.6 is 11.3 Å². The van der Waals surface area contributed by atoms with Gasteiger partial charge in [0.25, 0.3) is 0 Å². The Labute approximate surface area is 124 Å². The van der Waals surface area contributed by atoms with Gasteiger partial charge in [0, 0.05) is 31.1 Å². The van der Waals surface area contributed by atoms with E-state index < -0.39 is 10.0 Å². The van der Waals surface area contributed by atoms with Crippen molar-refractivity contribution in [1.82, 2.24) is 10.0 Å². The van der Waals surface area contributed by atoms with E-state index in [9.17, 15) is 8.42 Å². The van der Waals surface area contributed by atoms with Gasteiger partial charge in [-0.15, -0.1) is 11.3 Å². The molecule has 5 nitrogen and oxygen atoms in total. The number of hydrogen-bond donors (Lipinski definition) is 2. The van der Waals surface area contributed by atoms with Crippen molar-refractivity contribution in [2.24, 2.45) is 0 Å². The third kappa shape index (κ3) is 4.26. The van der Waals surface area contributed by atoms with Gasteiger partial charge in [0.2, 0.25) is 10.0 Å². The number of rotatable bonds is 8. The lowest BCUT2D eigenvalue weighted by molar-refractivity contribution is 0.122. The largest absolute Gasteiger partial charge is 0.380 e. The molecule has 0 aromatic carbocycles. The monoisotopic (exact) mass is 318 g/mol. The van der Waals surface area contributed by atoms with Gasteiger partial charge in [-0.25, -0.2) is 13.1 Å². The fraction of sp³-hybridized carbons (Fsp3) is 0.692. The standard InChI is InChI=1S/C13H22N2O3S2/c1-9-6-13(19-12(9)8-14-11-4-5-11)20(16,17)15-7-10(2)18-3/h6,10-11,14-15H,4-5,7-8H2,1-3H3. The molecule has 0 spiro atoms. The molecule has 7 heteroatoms. The molecule has 2 rings (SSSR count). The van der Waals surface area contributed by atoms with Crippen LogP contribution < -0.4 is 10.0 Å². The summed E-state index contributed by atoms with van der Waals surface area (Å²) in [5.41, 5.74) is 1.03. The van der Waals surface area contributed by atoms with E-state index in [2.05, 4.69) is 10.0 Å². The molecule has 1 aromatic heterocycles. The highest BCUT2D eigenvalue weighted by Gasteiger charge is 2.23. The van der Waals surface area contributed by atoms with Crippen LogP contribution in [0, 0.1) is 6.92 Å². The van der Waals surface area contributed by atoms with Gasteiger partial charge in [0.15, 0.2) is 0 Å². The molecule has 1 unspecified atom stereocenters. The Morgan fingerprint density at radius 1 is 1.50 bits per heavy atom. The minimum Gasteiger partial charge on any atom is -0.380 e. The van der Waals surface area contributed by atoms with E-state index in [1.54, 1.807) is 13.2 Å². The predicted octanol–water partition coefficient (Wildman–Crippen LogP) is 1.62. The topological polar surface area (TPSA) is 67.4 Å². The zero-order valence-corrected chi connectivity index (χ0v) is 13.7. The molecular weight excluding hydrogens is 296 g/mol. The first-order valence-corrected chi connectivity index (χ1v) is 9.07. The lowest BCUT2D eigenvalue weighted by atomic mass is 10.3. The molecule has 1 saturated carbocycles. The van der Waals surface area contributed by atoms with Gasteiger partial charge in [-0.1, -0.05) is 0 Å². The van der Waals surface area contributed by atoms with Crippen molar-refractivity contribution in [3.63, 3.8) is 0 Å². The van der Waals surface area contributed by atoms with Crippen LogP contribution in [0.2, 0.25) is 0 Å². The number of methoxy groups -OCH3 is 1. The summed E-state index contributed by atoms with van der Waals surface area (Å²) in [7, 11) is -1.86. The lowest BCUT2D eigenvalue weighted by Gasteiger charge is -2.10. The molecule has 20 heavy (non-hydrogen) atoms. The Bertz CT molecular complexity index is 550. The first-order chi connectivity index (χ1) is 9.42. The van der Waals surface area contributed by atoms with Crippen LogP contribution in [-0.4, -0.2) is 34.2 Å². The van der Waals surface area contributed by atoms with E-state index in [0.29, 0.717) is 10.3 Å². The molecule has 1 atom stereocenters. The Hall–Kier alpha value is -0.470. The molecule has 0 amide bonds. The van der Waals surface area contributed by atoms with E-state index in [-0.39, 0.29) is 12.6 Å². The molecule has 114 valence electrons. The predicted molar refractivity (Wildman–Crippen MR) is 80.6 cm³/mol. The maximum Gasteiger partial charge on any atom is 0.250 e. The SMILES string of the molecule is COC(C)CNS(=O)(=O)c1cc(C)c(CNC2CC2)s1. The van der Waals surface area contributed by atoms with E-state index in [1.807, 2.05) is 13.8 Å². The van der Waals surface area contributed by atoms with Crippen molar-refractivity contribution in [2.45, 2.75) is 49.6 Å². The van der Waals surface area contributed by atoms with E-state index in [1.165, 1.54) is 24.2 Å². The molecule has 0 aliphatic heterocycles. The van der Waals surface area contributed by atoms with Crippen LogP contribution in [0.15, 0.2) is 10.3 Å². The second-order valence-electron chi connectivity index (χ2n) is 5.23. The average Bonchev–Trinajstić information content (AvgIpc) is 3.16. The highest BCUT2D eigenvalue weighted by Crippen LogP contribution is 2.27. The minimum absolute atomic E-state index is 0.137. The van der Waals surface area contributed by atoms with Crippen molar-refractivity contribution in [3.05, 3.63) is 16.5 Å². The average molecular weight is 318 g/mol. The third-order valence-electron chi connectivity index (χ3n) is 3.35. The molecule has 1 aliphatic rings. The molecule has 0 saturated heterocycles. The number of aryl methyl sites for hydroxylation is 1. The Kier molecular flexibility index (Phi) is 5.19. The van der Waals surface area contributed by atoms with Crippen LogP contribution in [0.1, 0.15) is 30.2 Å². The fourth-order valence-electron chi connectivity index (χ4n) is 1.70. The molecule has 1 aliphatic carbocycles. The van der Waals surface area contributed by atoms with Crippen LogP contribution in [0.4, 0.5) is 0 Å². The Morgan fingerprint density at radius 2 is 2.20 bits per heavy atom. The fourth-order valence-corrected chi connectivity index (χ4v) is 4.40. The van der Waals surface area contributed by atoms with Gasteiger partial charge >= 0.3 is 0 Å². The van der Waals surface area contributed by atoms with E-state index in [0.717, 1.165) is 17.0 Å². The van der Waals surface area contributed by atoms with Gasteiger partial charge in [-0.05, 0) is 38.3 Å². The summed E-state index contributed by atoms with van der Waals surface area (Å²) in [5, 5.41) is 3.41. The van der Waals surface area contributed by atoms with Crippen LogP contribution in [0.25, 0.3) is 0 Å². The summed E-state index contributed by atoms with van der Waals surface area (Å²) < 4.78 is 32.4. The van der Waals surface area contributed by atoms with Gasteiger partial charge < -0.3 is 10.1 Å². The van der Waals surface area contributed by atoms with E-state index in [4.69, 9.17) is 4.74 Å². The maximum atomic E-state index is 12.2. The third-order valence-corrected chi connectivity index (χ3v) is 6.49. The second kappa shape index (κ2) is 6.53. The normalized spacial score (nSPS) is 17.4. The number of thiophene rings is 1. The van der Waals surface area contributed by atoms with Crippen molar-refractivity contribution in [1.29, 1.82) is 0 Å². The van der Waals surface area contributed by atoms with Gasteiger partial charge in [0.05, 0.1) is 6.10 Å². The van der Waals surface area contributed by atoms with Crippen molar-refractivity contribution < 1.29 is 13.2 Å². The molecule has 0 bridgehead atoms. The molecule has 1 aromatic rings. The number of hydrogen-bond acceptors (Lipinski definition) is 5. The van der Waals surface area contributed by atoms with Gasteiger partial charge in [-0.2, -0.15) is 0 Å². The molecule has 1 fully saturated rings. The smallest absolute Gasteiger partial charge is 0.250 e. The van der Waals surface area contributed by atoms with Crippen LogP contribution in [0.3, 0.4) is 0 Å². The second-order valence-corrected chi connectivity index (χ2v) is 8.36. The maximum absolute atomic E-state index is 12.2. The lowest BCUT2D eigenvalue weighted by Crippen LogP contribution is -2.31. The first-order valence-electron chi connectivity index (χ1n) is 6.77. The van der Waals surface area contributed by atoms with Crippen molar-refractivity contribution in [2.75, 3.05) is 13.7 Å². The van der Waals surface area contributed by atoms with Gasteiger partial charge in [-0.3, -0.25) is 0 Å². The molecule has 2 N–H and O–H groups in total.